The van der Waals surface area contributed by atoms with Crippen LogP contribution >= 0.6 is 27.5 Å². The zero-order chi connectivity index (χ0) is 22.4. The zero-order valence-corrected chi connectivity index (χ0v) is 17.3. The molecule has 0 radical (unpaired) electrons. The summed E-state index contributed by atoms with van der Waals surface area (Å²) in [7, 11) is 0. The van der Waals surface area contributed by atoms with Crippen molar-refractivity contribution in [2.24, 2.45) is 5.73 Å². The van der Waals surface area contributed by atoms with Gasteiger partial charge in [0, 0.05) is 11.0 Å². The topological polar surface area (TPSA) is 164 Å². The van der Waals surface area contributed by atoms with E-state index < -0.39 is 54.2 Å². The van der Waals surface area contributed by atoms with Gasteiger partial charge in [-0.3, -0.25) is 14.9 Å². The van der Waals surface area contributed by atoms with Crippen molar-refractivity contribution in [2.45, 2.75) is 19.1 Å². The molecule has 0 aliphatic carbocycles. The van der Waals surface area contributed by atoms with E-state index in [0.717, 1.165) is 12.1 Å². The van der Waals surface area contributed by atoms with Gasteiger partial charge < -0.3 is 26.0 Å². The van der Waals surface area contributed by atoms with E-state index in [-0.39, 0.29) is 27.5 Å². The lowest BCUT2D eigenvalue weighted by molar-refractivity contribution is -0.139. The highest BCUT2D eigenvalue weighted by molar-refractivity contribution is 9.10. The monoisotopic (exact) mass is 508 g/mol. The molecule has 1 atom stereocenters. The van der Waals surface area contributed by atoms with Gasteiger partial charge in [0.05, 0.1) is 18.1 Å². The number of primary amides is 1. The number of ether oxygens (including phenoxy) is 1. The number of aliphatic carboxylic acids is 1. The average molecular weight is 509 g/mol. The molecule has 0 saturated heterocycles. The van der Waals surface area contributed by atoms with Gasteiger partial charge >= 0.3 is 12.0 Å². The zero-order valence-electron chi connectivity index (χ0n) is 14.9. The standard InChI is InChI=1S/C16H15BrF2N4O6S/c17-6-1-9(18)8(10(19)2-6)5-29-14-12(13(20)27)15(30-23-14)22-16(28)21-4-7(24)3-11(25)26/h1-2,7,24H,3-5H2,(H2,20,27)(H,25,26)(H2,21,22,28). The molecule has 30 heavy (non-hydrogen) atoms. The first-order valence-electron chi connectivity index (χ1n) is 8.08. The summed E-state index contributed by atoms with van der Waals surface area (Å²) < 4.78 is 37.0. The third-order valence-electron chi connectivity index (χ3n) is 3.50. The number of halogens is 3. The van der Waals surface area contributed by atoms with Crippen molar-refractivity contribution < 1.29 is 38.1 Å². The summed E-state index contributed by atoms with van der Waals surface area (Å²) >= 11 is 3.57. The number of urea groups is 1. The van der Waals surface area contributed by atoms with Gasteiger partial charge in [0.15, 0.2) is 0 Å². The van der Waals surface area contributed by atoms with Gasteiger partial charge in [-0.1, -0.05) is 15.9 Å². The summed E-state index contributed by atoms with van der Waals surface area (Å²) in [5.74, 6) is -4.36. The number of nitrogens with one attached hydrogen (secondary N) is 2. The molecular formula is C16H15BrF2N4O6S. The molecule has 0 bridgehead atoms. The maximum absolute atomic E-state index is 13.9. The molecule has 162 valence electrons. The second-order valence-electron chi connectivity index (χ2n) is 5.78. The lowest BCUT2D eigenvalue weighted by Crippen LogP contribution is -2.36. The Morgan fingerprint density at radius 3 is 2.50 bits per heavy atom. The molecule has 0 fully saturated rings. The molecule has 0 saturated carbocycles. The number of hydrogen-bond acceptors (Lipinski definition) is 7. The van der Waals surface area contributed by atoms with E-state index in [4.69, 9.17) is 15.6 Å². The Bertz CT molecular complexity index is 950. The third-order valence-corrected chi connectivity index (χ3v) is 4.71. The molecule has 2 rings (SSSR count). The highest BCUT2D eigenvalue weighted by Crippen LogP contribution is 2.31. The molecule has 1 aromatic heterocycles. The number of aliphatic hydroxyl groups excluding tert-OH is 1. The van der Waals surface area contributed by atoms with Crippen molar-refractivity contribution in [1.82, 2.24) is 9.69 Å². The Labute approximate surface area is 180 Å². The van der Waals surface area contributed by atoms with Crippen LogP contribution in [0.2, 0.25) is 0 Å². The normalized spacial score (nSPS) is 11.6. The lowest BCUT2D eigenvalue weighted by atomic mass is 10.2. The molecule has 6 N–H and O–H groups in total. The fraction of sp³-hybridized carbons (Fsp3) is 0.250. The van der Waals surface area contributed by atoms with Crippen LogP contribution in [0.3, 0.4) is 0 Å². The van der Waals surface area contributed by atoms with Gasteiger partial charge in [0.1, 0.15) is 28.8 Å². The fourth-order valence-corrected chi connectivity index (χ4v) is 3.30. The van der Waals surface area contributed by atoms with Crippen LogP contribution in [-0.4, -0.2) is 45.1 Å². The van der Waals surface area contributed by atoms with Crippen molar-refractivity contribution in [3.8, 4) is 5.88 Å². The number of nitrogens with zero attached hydrogens (tertiary/aromatic N) is 1. The van der Waals surface area contributed by atoms with Crippen molar-refractivity contribution in [1.29, 1.82) is 0 Å². The van der Waals surface area contributed by atoms with E-state index in [1.165, 1.54) is 0 Å². The van der Waals surface area contributed by atoms with Crippen LogP contribution in [0.25, 0.3) is 0 Å². The van der Waals surface area contributed by atoms with Crippen LogP contribution < -0.4 is 21.1 Å². The van der Waals surface area contributed by atoms with Crippen LogP contribution in [0.4, 0.5) is 18.6 Å². The fourth-order valence-electron chi connectivity index (χ4n) is 2.16. The van der Waals surface area contributed by atoms with Crippen molar-refractivity contribution in [2.75, 3.05) is 11.9 Å². The van der Waals surface area contributed by atoms with Crippen molar-refractivity contribution in [3.05, 3.63) is 39.4 Å². The minimum Gasteiger partial charge on any atom is -0.481 e. The molecule has 1 unspecified atom stereocenters. The van der Waals surface area contributed by atoms with Gasteiger partial charge in [0.2, 0.25) is 5.88 Å². The Morgan fingerprint density at radius 1 is 1.30 bits per heavy atom. The summed E-state index contributed by atoms with van der Waals surface area (Å²) in [6.07, 6.45) is -1.89. The van der Waals surface area contributed by atoms with Crippen molar-refractivity contribution in [3.63, 3.8) is 0 Å². The van der Waals surface area contributed by atoms with Crippen molar-refractivity contribution >= 4 is 50.4 Å². The van der Waals surface area contributed by atoms with Gasteiger partial charge in [0.25, 0.3) is 5.91 Å². The number of nitrogens with two attached hydrogens (primary N) is 1. The van der Waals surface area contributed by atoms with Gasteiger partial charge in [-0.2, -0.15) is 4.37 Å². The predicted octanol–water partition coefficient (Wildman–Crippen LogP) is 1.82. The second-order valence-corrected chi connectivity index (χ2v) is 7.47. The molecule has 10 nitrogen and oxygen atoms in total. The number of rotatable bonds is 9. The Balaban J connectivity index is 2.07. The Kier molecular flexibility index (Phi) is 8.02. The van der Waals surface area contributed by atoms with Crippen LogP contribution in [0, 0.1) is 11.6 Å². The number of aliphatic hydroxyl groups is 1. The number of amides is 3. The van der Waals surface area contributed by atoms with E-state index in [9.17, 15) is 28.3 Å². The van der Waals surface area contributed by atoms with Crippen LogP contribution in [0.5, 0.6) is 5.88 Å². The highest BCUT2D eigenvalue weighted by atomic mass is 79.9. The summed E-state index contributed by atoms with van der Waals surface area (Å²) in [6.45, 7) is -0.962. The van der Waals surface area contributed by atoms with Crippen LogP contribution in [0.1, 0.15) is 22.3 Å². The molecule has 0 spiro atoms. The highest BCUT2D eigenvalue weighted by Gasteiger charge is 2.23. The van der Waals surface area contributed by atoms with E-state index in [2.05, 4.69) is 30.9 Å². The number of aromatic nitrogens is 1. The summed E-state index contributed by atoms with van der Waals surface area (Å²) in [4.78, 5) is 34.1. The predicted molar refractivity (Wildman–Crippen MR) is 104 cm³/mol. The molecule has 0 aliphatic rings. The number of benzene rings is 1. The number of carbonyl (C=O) groups excluding carboxylic acids is 2. The largest absolute Gasteiger partial charge is 0.481 e. The number of carbonyl (C=O) groups is 3. The number of hydrogen-bond donors (Lipinski definition) is 5. The van der Waals surface area contributed by atoms with Gasteiger partial charge in [-0.25, -0.2) is 13.6 Å². The smallest absolute Gasteiger partial charge is 0.320 e. The number of carboxylic acid groups (broad SMARTS) is 1. The average Bonchev–Trinajstić information content (AvgIpc) is 3.01. The molecule has 1 heterocycles. The first-order chi connectivity index (χ1) is 14.1. The maximum Gasteiger partial charge on any atom is 0.320 e. The van der Waals surface area contributed by atoms with Gasteiger partial charge in [-0.05, 0) is 23.7 Å². The SMILES string of the molecule is NC(=O)c1c(OCc2c(F)cc(Br)cc2F)nsc1NC(=O)NCC(O)CC(=O)O. The quantitative estimate of drug-likeness (QED) is 0.344. The molecular weight excluding hydrogens is 494 g/mol. The van der Waals surface area contributed by atoms with E-state index >= 15 is 0 Å². The summed E-state index contributed by atoms with van der Waals surface area (Å²) in [5.41, 5.74) is 4.56. The molecule has 2 aromatic rings. The lowest BCUT2D eigenvalue weighted by Gasteiger charge is -2.11. The van der Waals surface area contributed by atoms with E-state index in [0.29, 0.717) is 11.5 Å². The number of carboxylic acids is 1. The minimum absolute atomic E-state index is 0.112. The van der Waals surface area contributed by atoms with Crippen LogP contribution in [0.15, 0.2) is 16.6 Å². The summed E-state index contributed by atoms with van der Waals surface area (Å²) in [5, 5.41) is 22.3. The van der Waals surface area contributed by atoms with E-state index in [1.54, 1.807) is 0 Å². The van der Waals surface area contributed by atoms with E-state index in [1.807, 2.05) is 0 Å². The maximum atomic E-state index is 13.9. The van der Waals surface area contributed by atoms with Crippen LogP contribution in [-0.2, 0) is 11.4 Å². The second kappa shape index (κ2) is 10.3. The Hall–Kier alpha value is -2.84. The van der Waals surface area contributed by atoms with Gasteiger partial charge in [-0.15, -0.1) is 0 Å². The molecule has 14 heteroatoms. The summed E-state index contributed by atoms with van der Waals surface area (Å²) in [6, 6.07) is 1.20. The number of anilines is 1. The Morgan fingerprint density at radius 2 is 1.93 bits per heavy atom. The minimum atomic E-state index is -1.32. The molecule has 1 aromatic carbocycles. The first kappa shape index (κ1) is 23.4. The third kappa shape index (κ3) is 6.33. The molecule has 0 aliphatic heterocycles. The molecule has 3 amide bonds. The first-order valence-corrected chi connectivity index (χ1v) is 9.65.